The highest BCUT2D eigenvalue weighted by Gasteiger charge is 2.30. The number of amides is 1. The molecule has 0 saturated carbocycles. The van der Waals surface area contributed by atoms with Crippen molar-refractivity contribution in [2.75, 3.05) is 11.6 Å². The molecule has 1 heterocycles. The molecule has 0 atom stereocenters. The van der Waals surface area contributed by atoms with Gasteiger partial charge in [0.15, 0.2) is 5.16 Å². The van der Waals surface area contributed by atoms with Gasteiger partial charge >= 0.3 is 6.18 Å². The zero-order valence-electron chi connectivity index (χ0n) is 12.0. The number of benzene rings is 1. The molecular weight excluding hydrogens is 327 g/mol. The molecule has 0 unspecified atom stereocenters. The Morgan fingerprint density at radius 3 is 2.57 bits per heavy atom. The van der Waals surface area contributed by atoms with Gasteiger partial charge in [-0.25, -0.2) is 9.97 Å². The van der Waals surface area contributed by atoms with Crippen molar-refractivity contribution in [3.8, 4) is 0 Å². The van der Waals surface area contributed by atoms with E-state index in [4.69, 9.17) is 0 Å². The number of alkyl halides is 3. The second-order valence-corrected chi connectivity index (χ2v) is 5.18. The van der Waals surface area contributed by atoms with Gasteiger partial charge in [-0.05, 0) is 30.5 Å². The first-order valence-corrected chi connectivity index (χ1v) is 7.63. The Hall–Kier alpha value is -2.35. The number of thioether (sulfide) groups is 1. The molecule has 0 radical (unpaired) electrons. The smallest absolute Gasteiger partial charge is 0.322 e. The van der Waals surface area contributed by atoms with Gasteiger partial charge in [-0.2, -0.15) is 13.2 Å². The van der Waals surface area contributed by atoms with Crippen LogP contribution >= 0.6 is 11.8 Å². The van der Waals surface area contributed by atoms with Gasteiger partial charge in [-0.15, -0.1) is 0 Å². The number of hydrogen-bond donors (Lipinski definition) is 1. The third-order valence-electron chi connectivity index (χ3n) is 2.72. The lowest BCUT2D eigenvalue weighted by atomic mass is 10.2. The monoisotopic (exact) mass is 339 g/mol. The van der Waals surface area contributed by atoms with Crippen LogP contribution in [0.1, 0.15) is 11.1 Å². The summed E-state index contributed by atoms with van der Waals surface area (Å²) >= 11 is 1.39. The summed E-state index contributed by atoms with van der Waals surface area (Å²) in [7, 11) is 0. The number of aromatic nitrogens is 2. The molecule has 2 aromatic rings. The SMILES string of the molecule is CSc1ncc(/C=C/C(=O)Nc2cccc(C(F)(F)F)c2)cn1. The summed E-state index contributed by atoms with van der Waals surface area (Å²) in [5.74, 6) is -0.543. The van der Waals surface area contributed by atoms with E-state index >= 15 is 0 Å². The summed E-state index contributed by atoms with van der Waals surface area (Å²) in [6.45, 7) is 0. The van der Waals surface area contributed by atoms with Crippen LogP contribution in [-0.2, 0) is 11.0 Å². The number of anilines is 1. The standard InChI is InChI=1S/C15H12F3N3OS/c1-23-14-19-8-10(9-20-14)5-6-13(22)21-12-4-2-3-11(7-12)15(16,17)18/h2-9H,1H3,(H,21,22)/b6-5+. The van der Waals surface area contributed by atoms with E-state index < -0.39 is 17.6 Å². The molecule has 0 saturated heterocycles. The van der Waals surface area contributed by atoms with Crippen molar-refractivity contribution in [1.82, 2.24) is 9.97 Å². The van der Waals surface area contributed by atoms with Crippen LogP contribution in [0.2, 0.25) is 0 Å². The Kier molecular flexibility index (Phi) is 5.38. The van der Waals surface area contributed by atoms with Gasteiger partial charge in [0.1, 0.15) is 0 Å². The summed E-state index contributed by atoms with van der Waals surface area (Å²) in [6.07, 6.45) is 3.17. The first-order valence-electron chi connectivity index (χ1n) is 6.41. The molecule has 0 aliphatic carbocycles. The topological polar surface area (TPSA) is 54.9 Å². The minimum Gasteiger partial charge on any atom is -0.322 e. The summed E-state index contributed by atoms with van der Waals surface area (Å²) in [4.78, 5) is 19.8. The minimum absolute atomic E-state index is 0.0726. The molecule has 1 N–H and O–H groups in total. The maximum absolute atomic E-state index is 12.6. The summed E-state index contributed by atoms with van der Waals surface area (Å²) in [5.41, 5.74) is -0.134. The van der Waals surface area contributed by atoms with Crippen LogP contribution in [0.3, 0.4) is 0 Å². The van der Waals surface area contributed by atoms with E-state index in [1.165, 1.54) is 36.0 Å². The molecule has 0 aliphatic rings. The Balaban J connectivity index is 2.03. The summed E-state index contributed by atoms with van der Waals surface area (Å²) in [6, 6.07) is 4.44. The Morgan fingerprint density at radius 2 is 1.96 bits per heavy atom. The second kappa shape index (κ2) is 7.28. The Morgan fingerprint density at radius 1 is 1.26 bits per heavy atom. The van der Waals surface area contributed by atoms with E-state index in [0.717, 1.165) is 12.1 Å². The van der Waals surface area contributed by atoms with Crippen molar-refractivity contribution in [3.63, 3.8) is 0 Å². The number of halogens is 3. The van der Waals surface area contributed by atoms with Crippen LogP contribution in [-0.4, -0.2) is 22.1 Å². The van der Waals surface area contributed by atoms with E-state index in [0.29, 0.717) is 10.7 Å². The molecule has 1 aromatic heterocycles. The lowest BCUT2D eigenvalue weighted by Crippen LogP contribution is -2.10. The van der Waals surface area contributed by atoms with Gasteiger partial charge in [0.25, 0.3) is 0 Å². The van der Waals surface area contributed by atoms with Crippen LogP contribution in [0.25, 0.3) is 6.08 Å². The van der Waals surface area contributed by atoms with Gasteiger partial charge in [0, 0.05) is 29.7 Å². The highest BCUT2D eigenvalue weighted by Crippen LogP contribution is 2.30. The van der Waals surface area contributed by atoms with Crippen molar-refractivity contribution in [3.05, 3.63) is 53.9 Å². The second-order valence-electron chi connectivity index (χ2n) is 4.40. The fourth-order valence-electron chi connectivity index (χ4n) is 1.65. The largest absolute Gasteiger partial charge is 0.416 e. The summed E-state index contributed by atoms with van der Waals surface area (Å²) in [5, 5.41) is 2.98. The molecule has 1 aromatic carbocycles. The normalized spacial score (nSPS) is 11.7. The average molecular weight is 339 g/mol. The van der Waals surface area contributed by atoms with Crippen molar-refractivity contribution < 1.29 is 18.0 Å². The third kappa shape index (κ3) is 5.10. The van der Waals surface area contributed by atoms with Crippen molar-refractivity contribution in [1.29, 1.82) is 0 Å². The minimum atomic E-state index is -4.45. The number of nitrogens with one attached hydrogen (secondary N) is 1. The molecule has 1 amide bonds. The molecular formula is C15H12F3N3OS. The Bertz CT molecular complexity index is 715. The van der Waals surface area contributed by atoms with Gasteiger partial charge in [0.2, 0.25) is 5.91 Å². The molecule has 0 bridgehead atoms. The molecule has 0 spiro atoms. The lowest BCUT2D eigenvalue weighted by molar-refractivity contribution is -0.137. The predicted molar refractivity (Wildman–Crippen MR) is 82.9 cm³/mol. The quantitative estimate of drug-likeness (QED) is 0.522. The van der Waals surface area contributed by atoms with Crippen LogP contribution in [0.15, 0.2) is 47.9 Å². The number of carbonyl (C=O) groups excluding carboxylic acids is 1. The average Bonchev–Trinajstić information content (AvgIpc) is 2.53. The highest BCUT2D eigenvalue weighted by molar-refractivity contribution is 7.98. The molecule has 23 heavy (non-hydrogen) atoms. The number of hydrogen-bond acceptors (Lipinski definition) is 4. The van der Waals surface area contributed by atoms with Gasteiger partial charge in [0.05, 0.1) is 5.56 Å². The molecule has 0 aliphatic heterocycles. The number of carbonyl (C=O) groups is 1. The van der Waals surface area contributed by atoms with Crippen LogP contribution in [0, 0.1) is 0 Å². The van der Waals surface area contributed by atoms with Gasteiger partial charge < -0.3 is 5.32 Å². The third-order valence-corrected chi connectivity index (χ3v) is 3.29. The van der Waals surface area contributed by atoms with E-state index in [1.54, 1.807) is 12.4 Å². The zero-order valence-corrected chi connectivity index (χ0v) is 12.8. The van der Waals surface area contributed by atoms with E-state index in [2.05, 4.69) is 15.3 Å². The first-order chi connectivity index (χ1) is 10.9. The fourth-order valence-corrected chi connectivity index (χ4v) is 1.96. The van der Waals surface area contributed by atoms with E-state index in [1.807, 2.05) is 6.26 Å². The molecule has 120 valence electrons. The predicted octanol–water partition coefficient (Wildman–Crippen LogP) is 3.87. The maximum Gasteiger partial charge on any atom is 0.416 e. The first kappa shape index (κ1) is 17.0. The zero-order chi connectivity index (χ0) is 16.9. The molecule has 2 rings (SSSR count). The molecule has 4 nitrogen and oxygen atoms in total. The molecule has 8 heteroatoms. The highest BCUT2D eigenvalue weighted by atomic mass is 32.2. The van der Waals surface area contributed by atoms with Gasteiger partial charge in [-0.3, -0.25) is 4.79 Å². The van der Waals surface area contributed by atoms with Crippen LogP contribution in [0.4, 0.5) is 18.9 Å². The number of rotatable bonds is 4. The van der Waals surface area contributed by atoms with E-state index in [-0.39, 0.29) is 5.69 Å². The fraction of sp³-hybridized carbons (Fsp3) is 0.133. The van der Waals surface area contributed by atoms with Crippen molar-refractivity contribution >= 4 is 29.4 Å². The molecule has 0 fully saturated rings. The van der Waals surface area contributed by atoms with E-state index in [9.17, 15) is 18.0 Å². The summed E-state index contributed by atoms with van der Waals surface area (Å²) < 4.78 is 37.8. The van der Waals surface area contributed by atoms with Crippen molar-refractivity contribution in [2.45, 2.75) is 11.3 Å². The van der Waals surface area contributed by atoms with Crippen molar-refractivity contribution in [2.24, 2.45) is 0 Å². The Labute approximate surface area is 134 Å². The van der Waals surface area contributed by atoms with Gasteiger partial charge in [-0.1, -0.05) is 17.8 Å². The number of nitrogens with zero attached hydrogens (tertiary/aromatic N) is 2. The lowest BCUT2D eigenvalue weighted by Gasteiger charge is -2.08. The van der Waals surface area contributed by atoms with Crippen LogP contribution < -0.4 is 5.32 Å². The maximum atomic E-state index is 12.6. The van der Waals surface area contributed by atoms with Crippen LogP contribution in [0.5, 0.6) is 0 Å².